The second kappa shape index (κ2) is 5.77. The molecule has 0 aliphatic heterocycles. The van der Waals surface area contributed by atoms with Crippen molar-refractivity contribution < 1.29 is 9.53 Å². The van der Waals surface area contributed by atoms with E-state index in [0.717, 1.165) is 13.0 Å². The fourth-order valence-corrected chi connectivity index (χ4v) is 4.79. The van der Waals surface area contributed by atoms with E-state index in [1.54, 1.807) is 0 Å². The van der Waals surface area contributed by atoms with E-state index in [1.807, 2.05) is 12.2 Å². The number of hydrogen-bond acceptors (Lipinski definition) is 2. The van der Waals surface area contributed by atoms with Crippen molar-refractivity contribution in [2.45, 2.75) is 50.9 Å². The van der Waals surface area contributed by atoms with Crippen molar-refractivity contribution in [2.24, 2.45) is 23.7 Å². The van der Waals surface area contributed by atoms with Gasteiger partial charge in [0.1, 0.15) is 0 Å². The van der Waals surface area contributed by atoms with E-state index >= 15 is 0 Å². The van der Waals surface area contributed by atoms with Crippen LogP contribution < -0.4 is 0 Å². The average molecular weight is 321 g/mol. The molecule has 0 spiro atoms. The quantitative estimate of drug-likeness (QED) is 0.575. The molecule has 0 aromatic carbocycles. The van der Waals surface area contributed by atoms with E-state index in [1.165, 1.54) is 0 Å². The SMILES string of the molecule is C=CC(C=C)[C@]1(O)[C@@H]2C=C[C@H]1C[C@H]2CO[Si](C)(C)C(C)(C)C. The third-order valence-electron chi connectivity index (χ3n) is 6.25. The molecule has 1 fully saturated rings. The molecule has 0 aromatic heterocycles. The van der Waals surface area contributed by atoms with Gasteiger partial charge in [-0.15, -0.1) is 13.2 Å². The fourth-order valence-electron chi connectivity index (χ4n) is 3.73. The van der Waals surface area contributed by atoms with Crippen LogP contribution in [0.25, 0.3) is 0 Å². The lowest BCUT2D eigenvalue weighted by Crippen LogP contribution is -2.44. The van der Waals surface area contributed by atoms with E-state index in [4.69, 9.17) is 4.43 Å². The highest BCUT2D eigenvalue weighted by Crippen LogP contribution is 2.55. The van der Waals surface area contributed by atoms with Gasteiger partial charge in [-0.25, -0.2) is 0 Å². The molecule has 0 aromatic rings. The second-order valence-corrected chi connectivity index (χ2v) is 13.3. The summed E-state index contributed by atoms with van der Waals surface area (Å²) < 4.78 is 6.41. The molecule has 124 valence electrons. The Balaban J connectivity index is 2.10. The molecular weight excluding hydrogens is 288 g/mol. The van der Waals surface area contributed by atoms with Crippen LogP contribution in [-0.2, 0) is 4.43 Å². The van der Waals surface area contributed by atoms with Crippen LogP contribution in [0.4, 0.5) is 0 Å². The van der Waals surface area contributed by atoms with Crippen molar-refractivity contribution in [3.63, 3.8) is 0 Å². The number of aliphatic hydroxyl groups is 1. The maximum Gasteiger partial charge on any atom is 0.191 e. The molecule has 2 rings (SSSR count). The van der Waals surface area contributed by atoms with E-state index in [2.05, 4.69) is 59.2 Å². The molecule has 2 bridgehead atoms. The van der Waals surface area contributed by atoms with Gasteiger partial charge in [-0.2, -0.15) is 0 Å². The van der Waals surface area contributed by atoms with Gasteiger partial charge in [-0.1, -0.05) is 45.1 Å². The first-order chi connectivity index (χ1) is 10.1. The second-order valence-electron chi connectivity index (χ2n) is 8.47. The summed E-state index contributed by atoms with van der Waals surface area (Å²) in [7, 11) is -1.74. The molecule has 1 N–H and O–H groups in total. The lowest BCUT2D eigenvalue weighted by atomic mass is 9.77. The minimum absolute atomic E-state index is 0.0598. The molecule has 0 heterocycles. The van der Waals surface area contributed by atoms with Gasteiger partial charge in [0.15, 0.2) is 8.32 Å². The van der Waals surface area contributed by atoms with Gasteiger partial charge in [-0.05, 0) is 30.5 Å². The van der Waals surface area contributed by atoms with Gasteiger partial charge >= 0.3 is 0 Å². The molecule has 0 saturated heterocycles. The molecule has 3 heteroatoms. The zero-order valence-corrected chi connectivity index (χ0v) is 15.8. The van der Waals surface area contributed by atoms with Gasteiger partial charge in [0.25, 0.3) is 0 Å². The Morgan fingerprint density at radius 2 is 1.91 bits per heavy atom. The molecule has 1 saturated carbocycles. The van der Waals surface area contributed by atoms with Crippen molar-refractivity contribution in [3.8, 4) is 0 Å². The Labute approximate surface area is 137 Å². The Kier molecular flexibility index (Phi) is 4.64. The first kappa shape index (κ1) is 17.7. The monoisotopic (exact) mass is 320 g/mol. The van der Waals surface area contributed by atoms with E-state index in [9.17, 15) is 5.11 Å². The summed E-state index contributed by atoms with van der Waals surface area (Å²) in [4.78, 5) is 0. The lowest BCUT2D eigenvalue weighted by molar-refractivity contribution is -0.0279. The zero-order valence-electron chi connectivity index (χ0n) is 14.8. The first-order valence-electron chi connectivity index (χ1n) is 8.37. The predicted molar refractivity (Wildman–Crippen MR) is 96.2 cm³/mol. The maximum absolute atomic E-state index is 11.3. The first-order valence-corrected chi connectivity index (χ1v) is 11.3. The summed E-state index contributed by atoms with van der Waals surface area (Å²) in [6.45, 7) is 19.9. The highest BCUT2D eigenvalue weighted by Gasteiger charge is 2.58. The normalized spacial score (nSPS) is 34.4. The molecule has 4 atom stereocenters. The van der Waals surface area contributed by atoms with Crippen LogP contribution in [0.2, 0.25) is 18.1 Å². The standard InChI is InChI=1S/C19H32O2Si/c1-8-15(9-2)19(20)16-10-11-17(19)14(12-16)13-21-22(6,7)18(3,4)5/h8-11,14-17,20H,1-2,12-13H2,3-7H3/t14-,16-,17+,19+/m0/s1. The molecule has 0 radical (unpaired) electrons. The van der Waals surface area contributed by atoms with Crippen LogP contribution in [0.3, 0.4) is 0 Å². The Bertz CT molecular complexity index is 466. The summed E-state index contributed by atoms with van der Waals surface area (Å²) >= 11 is 0. The highest BCUT2D eigenvalue weighted by atomic mass is 28.4. The fraction of sp³-hybridized carbons (Fsp3) is 0.684. The summed E-state index contributed by atoms with van der Waals surface area (Å²) in [5, 5.41) is 11.5. The summed E-state index contributed by atoms with van der Waals surface area (Å²) in [5.41, 5.74) is -0.745. The Morgan fingerprint density at radius 1 is 1.32 bits per heavy atom. The molecule has 0 unspecified atom stereocenters. The van der Waals surface area contributed by atoms with Gasteiger partial charge in [0, 0.05) is 24.4 Å². The van der Waals surface area contributed by atoms with Crippen LogP contribution in [0.5, 0.6) is 0 Å². The van der Waals surface area contributed by atoms with Crippen molar-refractivity contribution >= 4 is 8.32 Å². The number of rotatable bonds is 6. The maximum atomic E-state index is 11.3. The van der Waals surface area contributed by atoms with Gasteiger partial charge < -0.3 is 9.53 Å². The molecule has 0 amide bonds. The van der Waals surface area contributed by atoms with E-state index in [0.29, 0.717) is 5.92 Å². The van der Waals surface area contributed by atoms with Crippen LogP contribution in [0.1, 0.15) is 27.2 Å². The predicted octanol–water partition coefficient (Wildman–Crippen LogP) is 4.55. The van der Waals surface area contributed by atoms with Gasteiger partial charge in [0.2, 0.25) is 0 Å². The van der Waals surface area contributed by atoms with Crippen LogP contribution in [0.15, 0.2) is 37.5 Å². The minimum atomic E-state index is -1.74. The highest BCUT2D eigenvalue weighted by molar-refractivity contribution is 6.74. The third-order valence-corrected chi connectivity index (χ3v) is 10.8. The molecule has 2 aliphatic rings. The number of hydrogen-bond donors (Lipinski definition) is 1. The van der Waals surface area contributed by atoms with E-state index < -0.39 is 13.9 Å². The topological polar surface area (TPSA) is 29.5 Å². The molecule has 2 aliphatic carbocycles. The van der Waals surface area contributed by atoms with Crippen LogP contribution in [0, 0.1) is 23.7 Å². The molecule has 22 heavy (non-hydrogen) atoms. The Hall–Kier alpha value is -0.643. The van der Waals surface area contributed by atoms with Crippen molar-refractivity contribution in [2.75, 3.05) is 6.61 Å². The van der Waals surface area contributed by atoms with Crippen molar-refractivity contribution in [3.05, 3.63) is 37.5 Å². The van der Waals surface area contributed by atoms with E-state index in [-0.39, 0.29) is 22.8 Å². The molecule has 2 nitrogen and oxygen atoms in total. The average Bonchev–Trinajstić information content (AvgIpc) is 2.88. The van der Waals surface area contributed by atoms with Gasteiger partial charge in [-0.3, -0.25) is 0 Å². The summed E-state index contributed by atoms with van der Waals surface area (Å²) in [6, 6.07) is 0. The van der Waals surface area contributed by atoms with Gasteiger partial charge in [0.05, 0.1) is 5.60 Å². The number of fused-ring (bicyclic) bond motifs is 2. The lowest BCUT2D eigenvalue weighted by Gasteiger charge is -2.38. The third kappa shape index (κ3) is 2.68. The van der Waals surface area contributed by atoms with Crippen LogP contribution >= 0.6 is 0 Å². The molecular formula is C19H32O2Si. The van der Waals surface area contributed by atoms with Crippen LogP contribution in [-0.4, -0.2) is 25.6 Å². The largest absolute Gasteiger partial charge is 0.417 e. The zero-order chi connectivity index (χ0) is 16.8. The minimum Gasteiger partial charge on any atom is -0.417 e. The summed E-state index contributed by atoms with van der Waals surface area (Å²) in [6.07, 6.45) is 9.03. The Morgan fingerprint density at radius 3 is 2.41 bits per heavy atom. The van der Waals surface area contributed by atoms with Crippen molar-refractivity contribution in [1.29, 1.82) is 0 Å². The smallest absolute Gasteiger partial charge is 0.191 e. The summed E-state index contributed by atoms with van der Waals surface area (Å²) in [5.74, 6) is 0.696. The van der Waals surface area contributed by atoms with Crippen molar-refractivity contribution in [1.82, 2.24) is 0 Å².